The number of carbonyl (C=O) groups excluding carboxylic acids is 3. The molecule has 0 unspecified atom stereocenters. The zero-order chi connectivity index (χ0) is 26.0. The van der Waals surface area contributed by atoms with Gasteiger partial charge in [-0.2, -0.15) is 5.10 Å². The second kappa shape index (κ2) is 12.0. The van der Waals surface area contributed by atoms with Crippen molar-refractivity contribution < 1.29 is 23.9 Å². The number of nitrogens with one attached hydrogen (secondary N) is 2. The van der Waals surface area contributed by atoms with E-state index in [-0.39, 0.29) is 0 Å². The van der Waals surface area contributed by atoms with Gasteiger partial charge in [0.2, 0.25) is 0 Å². The Kier molecular flexibility index (Phi) is 8.07. The number of nitrogens with zero attached hydrogens (tertiary/aromatic N) is 2. The number of ether oxygens (including phenoxy) is 2. The summed E-state index contributed by atoms with van der Waals surface area (Å²) in [6.07, 6.45) is 4.59. The lowest BCUT2D eigenvalue weighted by molar-refractivity contribution is -0.144. The smallest absolute Gasteiger partial charge is 0.331 e. The molecule has 0 aliphatic rings. The van der Waals surface area contributed by atoms with Crippen LogP contribution in [0.3, 0.4) is 0 Å². The van der Waals surface area contributed by atoms with Crippen LogP contribution in [0.4, 0.5) is 0 Å². The molecule has 2 N–H and O–H groups in total. The Bertz CT molecular complexity index is 1400. The van der Waals surface area contributed by atoms with Gasteiger partial charge in [-0.1, -0.05) is 36.4 Å². The summed E-state index contributed by atoms with van der Waals surface area (Å²) in [7, 11) is 1.59. The van der Waals surface area contributed by atoms with Gasteiger partial charge in [0.15, 0.2) is 6.61 Å². The molecule has 0 aliphatic carbocycles. The third kappa shape index (κ3) is 6.70. The summed E-state index contributed by atoms with van der Waals surface area (Å²) < 4.78 is 11.9. The topological polar surface area (TPSA) is 112 Å². The van der Waals surface area contributed by atoms with E-state index in [4.69, 9.17) is 14.6 Å². The molecule has 0 fully saturated rings. The number of aromatic nitrogens is 2. The molecule has 9 heteroatoms. The largest absolute Gasteiger partial charge is 0.497 e. The second-order valence-electron chi connectivity index (χ2n) is 7.75. The fourth-order valence-corrected chi connectivity index (χ4v) is 3.36. The molecule has 0 bridgehead atoms. The predicted molar refractivity (Wildman–Crippen MR) is 138 cm³/mol. The van der Waals surface area contributed by atoms with Gasteiger partial charge >= 0.3 is 5.97 Å². The molecule has 186 valence electrons. The average Bonchev–Trinajstić information content (AvgIpc) is 3.39. The molecular weight excluding hydrogens is 472 g/mol. The van der Waals surface area contributed by atoms with Gasteiger partial charge in [0.25, 0.3) is 11.8 Å². The van der Waals surface area contributed by atoms with Crippen molar-refractivity contribution in [1.82, 2.24) is 20.6 Å². The summed E-state index contributed by atoms with van der Waals surface area (Å²) in [5.74, 6) is -1.17. The highest BCUT2D eigenvalue weighted by Gasteiger charge is 2.12. The van der Waals surface area contributed by atoms with E-state index in [0.717, 1.165) is 11.3 Å². The zero-order valence-corrected chi connectivity index (χ0v) is 20.0. The van der Waals surface area contributed by atoms with Gasteiger partial charge in [0, 0.05) is 29.0 Å². The van der Waals surface area contributed by atoms with E-state index in [9.17, 15) is 14.4 Å². The fourth-order valence-electron chi connectivity index (χ4n) is 3.36. The van der Waals surface area contributed by atoms with Crippen LogP contribution in [0.25, 0.3) is 23.0 Å². The monoisotopic (exact) mass is 496 g/mol. The Hall–Kier alpha value is -5.18. The number of hydrogen-bond acceptors (Lipinski definition) is 6. The highest BCUT2D eigenvalue weighted by atomic mass is 16.5. The van der Waals surface area contributed by atoms with E-state index in [1.165, 1.54) is 6.08 Å². The first-order valence-corrected chi connectivity index (χ1v) is 11.3. The van der Waals surface area contributed by atoms with Crippen LogP contribution >= 0.6 is 0 Å². The Labute approximate surface area is 213 Å². The predicted octanol–water partition coefficient (Wildman–Crippen LogP) is 3.57. The molecular formula is C28H24N4O5. The Morgan fingerprint density at radius 1 is 0.892 bits per heavy atom. The number of esters is 1. The summed E-state index contributed by atoms with van der Waals surface area (Å²) in [5.41, 5.74) is 7.86. The van der Waals surface area contributed by atoms with Crippen molar-refractivity contribution in [1.29, 1.82) is 0 Å². The number of hydrazine groups is 1. The third-order valence-electron chi connectivity index (χ3n) is 5.22. The van der Waals surface area contributed by atoms with E-state index in [0.29, 0.717) is 22.6 Å². The first kappa shape index (κ1) is 24.9. The Morgan fingerprint density at radius 3 is 2.24 bits per heavy atom. The number of benzene rings is 3. The highest BCUT2D eigenvalue weighted by Crippen LogP contribution is 2.26. The molecule has 9 nitrogen and oxygen atoms in total. The SMILES string of the molecule is COc1ccc(-c2nn(-c3ccccc3)cc2/C=C/C(=O)OCC(=O)NNC(=O)c2ccccc2)cc1. The summed E-state index contributed by atoms with van der Waals surface area (Å²) in [4.78, 5) is 36.2. The first-order chi connectivity index (χ1) is 18.0. The normalized spacial score (nSPS) is 10.6. The molecule has 0 aliphatic heterocycles. The fraction of sp³-hybridized carbons (Fsp3) is 0.0714. The molecule has 0 radical (unpaired) electrons. The molecule has 0 spiro atoms. The molecule has 1 aromatic heterocycles. The molecule has 1 heterocycles. The number of rotatable bonds is 8. The van der Waals surface area contributed by atoms with Crippen molar-refractivity contribution in [2.24, 2.45) is 0 Å². The van der Waals surface area contributed by atoms with Crippen LogP contribution in [0.1, 0.15) is 15.9 Å². The van der Waals surface area contributed by atoms with Crippen LogP contribution in [-0.2, 0) is 14.3 Å². The first-order valence-electron chi connectivity index (χ1n) is 11.3. The van der Waals surface area contributed by atoms with E-state index >= 15 is 0 Å². The zero-order valence-electron chi connectivity index (χ0n) is 20.0. The van der Waals surface area contributed by atoms with Crippen molar-refractivity contribution in [3.8, 4) is 22.7 Å². The van der Waals surface area contributed by atoms with Crippen LogP contribution in [0.5, 0.6) is 5.75 Å². The third-order valence-corrected chi connectivity index (χ3v) is 5.22. The lowest BCUT2D eigenvalue weighted by atomic mass is 10.1. The van der Waals surface area contributed by atoms with Gasteiger partial charge in [-0.25, -0.2) is 9.48 Å². The number of amides is 2. The maximum absolute atomic E-state index is 12.3. The van der Waals surface area contributed by atoms with Gasteiger partial charge < -0.3 is 9.47 Å². The van der Waals surface area contributed by atoms with E-state index in [1.54, 1.807) is 54.4 Å². The molecule has 0 atom stereocenters. The summed E-state index contributed by atoms with van der Waals surface area (Å²) in [6, 6.07) is 25.4. The number of para-hydroxylation sites is 1. The van der Waals surface area contributed by atoms with Gasteiger partial charge in [-0.05, 0) is 54.6 Å². The van der Waals surface area contributed by atoms with Crippen molar-refractivity contribution >= 4 is 23.9 Å². The van der Waals surface area contributed by atoms with E-state index < -0.39 is 24.4 Å². The molecule has 4 rings (SSSR count). The molecule has 37 heavy (non-hydrogen) atoms. The van der Waals surface area contributed by atoms with Crippen molar-refractivity contribution in [2.45, 2.75) is 0 Å². The minimum absolute atomic E-state index is 0.381. The average molecular weight is 497 g/mol. The minimum atomic E-state index is -0.724. The van der Waals surface area contributed by atoms with Crippen LogP contribution in [0.15, 0.2) is 97.2 Å². The van der Waals surface area contributed by atoms with Gasteiger partial charge in [0.1, 0.15) is 5.75 Å². The van der Waals surface area contributed by atoms with Crippen molar-refractivity contribution in [2.75, 3.05) is 13.7 Å². The van der Waals surface area contributed by atoms with E-state index in [2.05, 4.69) is 10.9 Å². The van der Waals surface area contributed by atoms with Gasteiger partial charge in [0.05, 0.1) is 18.5 Å². The Balaban J connectivity index is 1.40. The lowest BCUT2D eigenvalue weighted by Crippen LogP contribution is -2.43. The summed E-state index contributed by atoms with van der Waals surface area (Å²) in [5, 5.41) is 4.69. The number of carbonyl (C=O) groups is 3. The molecule has 4 aromatic rings. The standard InChI is InChI=1S/C28H24N4O5/c1-36-24-15-12-20(13-16-24)27-22(18-32(31-27)23-10-6-3-7-11-23)14-17-26(34)37-19-25(33)29-30-28(35)21-8-4-2-5-9-21/h2-18H,19H2,1H3,(H,29,33)(H,30,35)/b17-14+. The quantitative estimate of drug-likeness (QED) is 0.219. The minimum Gasteiger partial charge on any atom is -0.497 e. The number of hydrogen-bond donors (Lipinski definition) is 2. The molecule has 0 saturated carbocycles. The highest BCUT2D eigenvalue weighted by molar-refractivity contribution is 5.96. The second-order valence-corrected chi connectivity index (χ2v) is 7.75. The summed E-state index contributed by atoms with van der Waals surface area (Å²) in [6.45, 7) is -0.563. The maximum atomic E-state index is 12.3. The Morgan fingerprint density at radius 2 is 1.57 bits per heavy atom. The molecule has 0 saturated heterocycles. The van der Waals surface area contributed by atoms with Crippen LogP contribution in [0.2, 0.25) is 0 Å². The van der Waals surface area contributed by atoms with Crippen LogP contribution < -0.4 is 15.6 Å². The van der Waals surface area contributed by atoms with Crippen molar-refractivity contribution in [3.05, 3.63) is 108 Å². The molecule has 3 aromatic carbocycles. The number of methoxy groups -OCH3 is 1. The maximum Gasteiger partial charge on any atom is 0.331 e. The lowest BCUT2D eigenvalue weighted by Gasteiger charge is -2.07. The molecule has 2 amide bonds. The van der Waals surface area contributed by atoms with Gasteiger partial charge in [-0.15, -0.1) is 0 Å². The van der Waals surface area contributed by atoms with Gasteiger partial charge in [-0.3, -0.25) is 20.4 Å². The summed E-state index contributed by atoms with van der Waals surface area (Å²) >= 11 is 0. The van der Waals surface area contributed by atoms with Crippen LogP contribution in [0, 0.1) is 0 Å². The van der Waals surface area contributed by atoms with Crippen molar-refractivity contribution in [3.63, 3.8) is 0 Å². The van der Waals surface area contributed by atoms with E-state index in [1.807, 2.05) is 54.6 Å². The van der Waals surface area contributed by atoms with Crippen LogP contribution in [-0.4, -0.2) is 41.3 Å².